The molecule has 0 aromatic heterocycles. The highest BCUT2D eigenvalue weighted by atomic mass is 35.5. The third-order valence-electron chi connectivity index (χ3n) is 3.12. The molecule has 1 aromatic rings. The summed E-state index contributed by atoms with van der Waals surface area (Å²) in [6, 6.07) is 3.86. The van der Waals surface area contributed by atoms with Gasteiger partial charge in [-0.1, -0.05) is 11.6 Å². The molecule has 0 aliphatic carbocycles. The summed E-state index contributed by atoms with van der Waals surface area (Å²) < 4.78 is 25.4. The quantitative estimate of drug-likeness (QED) is 0.809. The van der Waals surface area contributed by atoms with Crippen LogP contribution < -0.4 is 5.32 Å². The topological polar surface area (TPSA) is 86.8 Å². The Bertz CT molecular complexity index is 732. The van der Waals surface area contributed by atoms with E-state index in [2.05, 4.69) is 5.32 Å². The van der Waals surface area contributed by atoms with Crippen molar-refractivity contribution in [3.05, 3.63) is 28.8 Å². The Morgan fingerprint density at radius 2 is 1.79 bits per heavy atom. The second kappa shape index (κ2) is 7.96. The van der Waals surface area contributed by atoms with Gasteiger partial charge >= 0.3 is 0 Å². The molecule has 1 N–H and O–H groups in total. The highest BCUT2D eigenvalue weighted by Gasteiger charge is 2.23. The summed E-state index contributed by atoms with van der Waals surface area (Å²) >= 11 is 6.03. The number of rotatable bonds is 6. The van der Waals surface area contributed by atoms with Gasteiger partial charge in [0.05, 0.1) is 22.0 Å². The highest BCUT2D eigenvalue weighted by Crippen LogP contribution is 2.23. The van der Waals surface area contributed by atoms with E-state index in [1.165, 1.54) is 44.2 Å². The van der Waals surface area contributed by atoms with Gasteiger partial charge in [0.25, 0.3) is 5.91 Å². The molecule has 0 atom stereocenters. The molecule has 0 aliphatic heterocycles. The summed E-state index contributed by atoms with van der Waals surface area (Å²) in [5.41, 5.74) is 0.0273. The van der Waals surface area contributed by atoms with E-state index < -0.39 is 15.9 Å². The van der Waals surface area contributed by atoms with Crippen molar-refractivity contribution in [3.8, 4) is 0 Å². The van der Waals surface area contributed by atoms with Gasteiger partial charge in [0.1, 0.15) is 0 Å². The van der Waals surface area contributed by atoms with Crippen LogP contribution in [0.1, 0.15) is 24.2 Å². The number of nitrogens with zero attached hydrogens (tertiary/aromatic N) is 2. The number of nitrogens with one attached hydrogen (secondary N) is 1. The fraction of sp³-hybridized carbons (Fsp3) is 0.467. The smallest absolute Gasteiger partial charge is 0.255 e. The van der Waals surface area contributed by atoms with Crippen molar-refractivity contribution < 1.29 is 18.0 Å². The number of hydrogen-bond acceptors (Lipinski definition) is 4. The third kappa shape index (κ3) is 4.93. The Morgan fingerprint density at radius 1 is 1.21 bits per heavy atom. The van der Waals surface area contributed by atoms with Crippen LogP contribution >= 0.6 is 11.6 Å². The first kappa shape index (κ1) is 20.4. The average molecular weight is 376 g/mol. The molecule has 0 radical (unpaired) electrons. The summed E-state index contributed by atoms with van der Waals surface area (Å²) in [6.45, 7) is 3.47. The van der Waals surface area contributed by atoms with Gasteiger partial charge in [-0.05, 0) is 32.0 Å². The number of carbonyl (C=O) groups excluding carboxylic acids is 2. The zero-order valence-electron chi connectivity index (χ0n) is 14.3. The first-order valence-corrected chi connectivity index (χ1v) is 9.05. The molecular formula is C15H22ClN3O4S. The molecule has 0 bridgehead atoms. The molecule has 0 saturated carbocycles. The maximum atomic E-state index is 12.5. The lowest BCUT2D eigenvalue weighted by Crippen LogP contribution is -2.41. The monoisotopic (exact) mass is 375 g/mol. The maximum absolute atomic E-state index is 12.5. The van der Waals surface area contributed by atoms with E-state index >= 15 is 0 Å². The molecule has 134 valence electrons. The lowest BCUT2D eigenvalue weighted by atomic mass is 10.2. The summed E-state index contributed by atoms with van der Waals surface area (Å²) in [6.07, 6.45) is 0. The third-order valence-corrected chi connectivity index (χ3v) is 5.26. The van der Waals surface area contributed by atoms with Crippen LogP contribution in [0.25, 0.3) is 0 Å². The van der Waals surface area contributed by atoms with Crippen molar-refractivity contribution >= 4 is 33.4 Å². The lowest BCUT2D eigenvalue weighted by molar-refractivity contribution is -0.122. The van der Waals surface area contributed by atoms with E-state index in [1.54, 1.807) is 0 Å². The molecule has 1 rings (SSSR count). The Hall–Kier alpha value is -1.64. The van der Waals surface area contributed by atoms with Crippen LogP contribution in [0.5, 0.6) is 0 Å². The number of likely N-dealkylation sites (N-methyl/N-ethyl adjacent to an activating group) is 1. The van der Waals surface area contributed by atoms with Crippen LogP contribution in [0.3, 0.4) is 0 Å². The molecule has 1 aromatic carbocycles. The second-order valence-corrected chi connectivity index (χ2v) is 8.37. The number of amides is 2. The molecule has 9 heteroatoms. The molecule has 0 heterocycles. The van der Waals surface area contributed by atoms with Crippen LogP contribution in [0.15, 0.2) is 23.1 Å². The van der Waals surface area contributed by atoms with Gasteiger partial charge in [0.2, 0.25) is 15.9 Å². The van der Waals surface area contributed by atoms with Crippen LogP contribution in [0.4, 0.5) is 0 Å². The van der Waals surface area contributed by atoms with E-state index in [1.807, 2.05) is 13.8 Å². The second-order valence-electron chi connectivity index (χ2n) is 5.81. The Kier molecular flexibility index (Phi) is 6.76. The molecule has 0 spiro atoms. The fourth-order valence-electron chi connectivity index (χ4n) is 1.90. The molecule has 2 amide bonds. The van der Waals surface area contributed by atoms with Gasteiger partial charge in [0.15, 0.2) is 0 Å². The van der Waals surface area contributed by atoms with E-state index in [0.29, 0.717) is 0 Å². The standard InChI is InChI=1S/C15H22ClN3O4S/c1-10(2)17-14(20)9-19(5)15(21)12-8-11(6-7-13(12)16)24(22,23)18(3)4/h6-8,10H,9H2,1-5H3,(H,17,20). The van der Waals surface area contributed by atoms with E-state index in [4.69, 9.17) is 11.6 Å². The van der Waals surface area contributed by atoms with E-state index in [9.17, 15) is 18.0 Å². The van der Waals surface area contributed by atoms with Crippen molar-refractivity contribution in [1.29, 1.82) is 0 Å². The van der Waals surface area contributed by atoms with Crippen LogP contribution in [0.2, 0.25) is 5.02 Å². The minimum absolute atomic E-state index is 0.0273. The molecule has 7 nitrogen and oxygen atoms in total. The summed E-state index contributed by atoms with van der Waals surface area (Å²) in [4.78, 5) is 25.4. The SMILES string of the molecule is CC(C)NC(=O)CN(C)C(=O)c1cc(S(=O)(=O)N(C)C)ccc1Cl. The summed E-state index contributed by atoms with van der Waals surface area (Å²) in [5.74, 6) is -0.844. The van der Waals surface area contributed by atoms with E-state index in [-0.39, 0.29) is 34.0 Å². The number of hydrogen-bond donors (Lipinski definition) is 1. The Balaban J connectivity index is 3.09. The normalized spacial score (nSPS) is 11.7. The van der Waals surface area contributed by atoms with Crippen LogP contribution in [-0.2, 0) is 14.8 Å². The molecule has 0 aliphatic rings. The van der Waals surface area contributed by atoms with Gasteiger partial charge in [-0.15, -0.1) is 0 Å². The van der Waals surface area contributed by atoms with Crippen molar-refractivity contribution in [2.24, 2.45) is 0 Å². The largest absolute Gasteiger partial charge is 0.352 e. The molecule has 0 saturated heterocycles. The zero-order chi connectivity index (χ0) is 18.7. The van der Waals surface area contributed by atoms with Gasteiger partial charge in [-0.25, -0.2) is 12.7 Å². The molecule has 0 fully saturated rings. The van der Waals surface area contributed by atoms with Gasteiger partial charge in [-0.2, -0.15) is 0 Å². The number of benzene rings is 1. The molecular weight excluding hydrogens is 354 g/mol. The molecule has 0 unspecified atom stereocenters. The average Bonchev–Trinajstić information content (AvgIpc) is 2.45. The Labute approximate surface area is 147 Å². The minimum Gasteiger partial charge on any atom is -0.352 e. The maximum Gasteiger partial charge on any atom is 0.255 e. The lowest BCUT2D eigenvalue weighted by Gasteiger charge is -2.19. The Morgan fingerprint density at radius 3 is 2.29 bits per heavy atom. The van der Waals surface area contributed by atoms with Crippen molar-refractivity contribution in [3.63, 3.8) is 0 Å². The summed E-state index contributed by atoms with van der Waals surface area (Å²) in [5, 5.41) is 2.80. The van der Waals surface area contributed by atoms with Crippen molar-refractivity contribution in [2.75, 3.05) is 27.7 Å². The predicted octanol–water partition coefficient (Wildman–Crippen LogP) is 1.19. The van der Waals surface area contributed by atoms with Gasteiger partial charge < -0.3 is 10.2 Å². The number of sulfonamides is 1. The molecule has 24 heavy (non-hydrogen) atoms. The number of carbonyl (C=O) groups is 2. The predicted molar refractivity (Wildman–Crippen MR) is 92.6 cm³/mol. The first-order chi connectivity index (χ1) is 11.0. The number of halogens is 1. The fourth-order valence-corrected chi connectivity index (χ4v) is 3.03. The zero-order valence-corrected chi connectivity index (χ0v) is 15.9. The van der Waals surface area contributed by atoms with Crippen molar-refractivity contribution in [1.82, 2.24) is 14.5 Å². The highest BCUT2D eigenvalue weighted by molar-refractivity contribution is 7.89. The minimum atomic E-state index is -3.69. The van der Waals surface area contributed by atoms with Crippen LogP contribution in [-0.4, -0.2) is 63.2 Å². The van der Waals surface area contributed by atoms with Crippen LogP contribution in [0, 0.1) is 0 Å². The summed E-state index contributed by atoms with van der Waals surface area (Å²) in [7, 11) is 0.554. The first-order valence-electron chi connectivity index (χ1n) is 7.23. The van der Waals surface area contributed by atoms with Gasteiger partial charge in [0, 0.05) is 27.2 Å². The van der Waals surface area contributed by atoms with Gasteiger partial charge in [-0.3, -0.25) is 9.59 Å². The van der Waals surface area contributed by atoms with Crippen molar-refractivity contribution in [2.45, 2.75) is 24.8 Å². The van der Waals surface area contributed by atoms with E-state index in [0.717, 1.165) is 4.31 Å².